The van der Waals surface area contributed by atoms with Gasteiger partial charge in [0.1, 0.15) is 6.04 Å². The van der Waals surface area contributed by atoms with Gasteiger partial charge in [0, 0.05) is 29.9 Å². The van der Waals surface area contributed by atoms with Crippen LogP contribution in [0.3, 0.4) is 0 Å². The van der Waals surface area contributed by atoms with Crippen molar-refractivity contribution in [2.45, 2.75) is 72.0 Å². The van der Waals surface area contributed by atoms with Gasteiger partial charge >= 0.3 is 0 Å². The number of ketones is 1. The highest BCUT2D eigenvalue weighted by atomic mass is 16.2. The number of allylic oxidation sites excluding steroid dienone is 1. The number of carbonyl (C=O) groups excluding carboxylic acids is 4. The Labute approximate surface area is 211 Å². The monoisotopic (exact) mass is 487 g/mol. The molecule has 2 aromatic carbocycles. The standard InChI is InChI=1S/C29H33N3O4/c1-16-11-21(29(4,5)6)12-17(2)24(16)25(33)27(35)30-14-19-8-9-22-20(13-19)15-32(28(22)36)23-10-7-18(3)31-26(23)34/h8-9,11-13,23H,3,7,10,14-15H2,1-2,4-6H3,(H,30,35)(H,31,34). The minimum Gasteiger partial charge on any atom is -0.345 e. The molecule has 2 aliphatic rings. The summed E-state index contributed by atoms with van der Waals surface area (Å²) in [4.78, 5) is 52.6. The van der Waals surface area contributed by atoms with Gasteiger partial charge < -0.3 is 15.5 Å². The molecule has 0 saturated carbocycles. The van der Waals surface area contributed by atoms with E-state index in [1.165, 1.54) is 0 Å². The first kappa shape index (κ1) is 25.4. The van der Waals surface area contributed by atoms with E-state index < -0.39 is 17.7 Å². The Bertz CT molecular complexity index is 1280. The Kier molecular flexibility index (Phi) is 6.60. The number of benzene rings is 2. The summed E-state index contributed by atoms with van der Waals surface area (Å²) in [5.74, 6) is -1.60. The highest BCUT2D eigenvalue weighted by Crippen LogP contribution is 2.29. The third kappa shape index (κ3) is 4.83. The molecule has 4 rings (SSSR count). The molecule has 0 bridgehead atoms. The third-order valence-electron chi connectivity index (χ3n) is 6.99. The van der Waals surface area contributed by atoms with E-state index in [2.05, 4.69) is 38.0 Å². The van der Waals surface area contributed by atoms with Crippen molar-refractivity contribution in [3.05, 3.63) is 81.6 Å². The first-order valence-corrected chi connectivity index (χ1v) is 12.2. The van der Waals surface area contributed by atoms with Gasteiger partial charge in [0.2, 0.25) is 5.91 Å². The zero-order chi connectivity index (χ0) is 26.4. The molecule has 0 aromatic heterocycles. The summed E-state index contributed by atoms with van der Waals surface area (Å²) in [6, 6.07) is 8.76. The molecule has 2 N–H and O–H groups in total. The molecule has 0 aliphatic carbocycles. The van der Waals surface area contributed by atoms with Gasteiger partial charge in [0.15, 0.2) is 0 Å². The summed E-state index contributed by atoms with van der Waals surface area (Å²) in [7, 11) is 0. The molecule has 3 amide bonds. The van der Waals surface area contributed by atoms with Crippen LogP contribution in [0, 0.1) is 13.8 Å². The predicted octanol–water partition coefficient (Wildman–Crippen LogP) is 3.85. The zero-order valence-electron chi connectivity index (χ0n) is 21.6. The van der Waals surface area contributed by atoms with Crippen molar-refractivity contribution in [3.63, 3.8) is 0 Å². The van der Waals surface area contributed by atoms with E-state index in [0.29, 0.717) is 36.2 Å². The van der Waals surface area contributed by atoms with Crippen molar-refractivity contribution in [1.82, 2.24) is 15.5 Å². The molecule has 2 aliphatic heterocycles. The number of nitrogens with zero attached hydrogens (tertiary/aromatic N) is 1. The number of hydrogen-bond donors (Lipinski definition) is 2. The predicted molar refractivity (Wildman–Crippen MR) is 137 cm³/mol. The SMILES string of the molecule is C=C1CCC(N2Cc3cc(CNC(=O)C(=O)c4c(C)cc(C(C)(C)C)cc4C)ccc3C2=O)C(=O)N1. The molecule has 7 nitrogen and oxygen atoms in total. The maximum atomic E-state index is 13.0. The number of piperidine rings is 1. The maximum absolute atomic E-state index is 13.0. The lowest BCUT2D eigenvalue weighted by Gasteiger charge is -2.30. The van der Waals surface area contributed by atoms with Gasteiger partial charge in [0.25, 0.3) is 17.6 Å². The van der Waals surface area contributed by atoms with Gasteiger partial charge in [-0.25, -0.2) is 0 Å². The van der Waals surface area contributed by atoms with E-state index in [-0.39, 0.29) is 23.8 Å². The summed E-state index contributed by atoms with van der Waals surface area (Å²) >= 11 is 0. The summed E-state index contributed by atoms with van der Waals surface area (Å²) in [5.41, 5.74) is 5.88. The largest absolute Gasteiger partial charge is 0.345 e. The van der Waals surface area contributed by atoms with Crippen LogP contribution in [-0.4, -0.2) is 34.4 Å². The van der Waals surface area contributed by atoms with Crippen molar-refractivity contribution in [1.29, 1.82) is 0 Å². The van der Waals surface area contributed by atoms with Crippen molar-refractivity contribution in [2.24, 2.45) is 0 Å². The molecular weight excluding hydrogens is 454 g/mol. The van der Waals surface area contributed by atoms with Crippen LogP contribution >= 0.6 is 0 Å². The number of aryl methyl sites for hydroxylation is 2. The van der Waals surface area contributed by atoms with Gasteiger partial charge in [-0.2, -0.15) is 0 Å². The summed E-state index contributed by atoms with van der Waals surface area (Å²) in [6.07, 6.45) is 1.19. The molecule has 0 spiro atoms. The fourth-order valence-electron chi connectivity index (χ4n) is 4.95. The number of Topliss-reactive ketones (excluding diaryl/α,β-unsaturated/α-hetero) is 1. The van der Waals surface area contributed by atoms with Crippen LogP contribution in [0.25, 0.3) is 0 Å². The Morgan fingerprint density at radius 3 is 2.39 bits per heavy atom. The molecule has 7 heteroatoms. The molecule has 1 saturated heterocycles. The molecule has 1 atom stereocenters. The minimum absolute atomic E-state index is 0.0563. The second kappa shape index (κ2) is 9.37. The lowest BCUT2D eigenvalue weighted by Crippen LogP contribution is -2.49. The van der Waals surface area contributed by atoms with E-state index in [4.69, 9.17) is 0 Å². The van der Waals surface area contributed by atoms with Crippen LogP contribution in [0.5, 0.6) is 0 Å². The number of hydrogen-bond acceptors (Lipinski definition) is 4. The Morgan fingerprint density at radius 2 is 1.78 bits per heavy atom. The summed E-state index contributed by atoms with van der Waals surface area (Å²) in [5, 5.41) is 5.46. The molecule has 1 fully saturated rings. The third-order valence-corrected chi connectivity index (χ3v) is 6.99. The van der Waals surface area contributed by atoms with E-state index in [1.54, 1.807) is 17.0 Å². The highest BCUT2D eigenvalue weighted by Gasteiger charge is 2.38. The highest BCUT2D eigenvalue weighted by molar-refractivity contribution is 6.43. The van der Waals surface area contributed by atoms with Crippen LogP contribution in [0.15, 0.2) is 42.6 Å². The average molecular weight is 488 g/mol. The number of carbonyl (C=O) groups is 4. The number of amides is 3. The van der Waals surface area contributed by atoms with Crippen LogP contribution < -0.4 is 10.6 Å². The van der Waals surface area contributed by atoms with Crippen LogP contribution in [0.2, 0.25) is 0 Å². The van der Waals surface area contributed by atoms with Crippen molar-refractivity contribution in [3.8, 4) is 0 Å². The topological polar surface area (TPSA) is 95.6 Å². The molecule has 188 valence electrons. The Balaban J connectivity index is 1.44. The van der Waals surface area contributed by atoms with Gasteiger partial charge in [0.05, 0.1) is 0 Å². The van der Waals surface area contributed by atoms with E-state index in [9.17, 15) is 19.2 Å². The number of fused-ring (bicyclic) bond motifs is 1. The Morgan fingerprint density at radius 1 is 1.11 bits per heavy atom. The van der Waals surface area contributed by atoms with Crippen molar-refractivity contribution >= 4 is 23.5 Å². The van der Waals surface area contributed by atoms with E-state index in [0.717, 1.165) is 27.8 Å². The average Bonchev–Trinajstić information content (AvgIpc) is 3.11. The molecule has 36 heavy (non-hydrogen) atoms. The van der Waals surface area contributed by atoms with E-state index in [1.807, 2.05) is 32.0 Å². The van der Waals surface area contributed by atoms with Crippen LogP contribution in [0.1, 0.15) is 82.1 Å². The van der Waals surface area contributed by atoms with Crippen molar-refractivity contribution < 1.29 is 19.2 Å². The molecular formula is C29H33N3O4. The maximum Gasteiger partial charge on any atom is 0.292 e. The fourth-order valence-corrected chi connectivity index (χ4v) is 4.95. The first-order valence-electron chi connectivity index (χ1n) is 12.2. The fraction of sp³-hybridized carbons (Fsp3) is 0.379. The van der Waals surface area contributed by atoms with Gasteiger partial charge in [-0.3, -0.25) is 19.2 Å². The first-order chi connectivity index (χ1) is 16.9. The Hall–Kier alpha value is -3.74. The summed E-state index contributed by atoms with van der Waals surface area (Å²) in [6.45, 7) is 14.3. The van der Waals surface area contributed by atoms with Crippen molar-refractivity contribution in [2.75, 3.05) is 0 Å². The molecule has 2 heterocycles. The lowest BCUT2D eigenvalue weighted by atomic mass is 9.83. The number of rotatable bonds is 5. The second-order valence-corrected chi connectivity index (χ2v) is 10.8. The quantitative estimate of drug-likeness (QED) is 0.495. The zero-order valence-corrected chi connectivity index (χ0v) is 21.6. The second-order valence-electron chi connectivity index (χ2n) is 10.8. The molecule has 2 aromatic rings. The molecule has 0 radical (unpaired) electrons. The van der Waals surface area contributed by atoms with Crippen LogP contribution in [-0.2, 0) is 28.1 Å². The smallest absolute Gasteiger partial charge is 0.292 e. The van der Waals surface area contributed by atoms with Crippen LogP contribution in [0.4, 0.5) is 0 Å². The lowest BCUT2D eigenvalue weighted by molar-refractivity contribution is -0.126. The normalized spacial score (nSPS) is 17.6. The van der Waals surface area contributed by atoms with E-state index >= 15 is 0 Å². The summed E-state index contributed by atoms with van der Waals surface area (Å²) < 4.78 is 0. The minimum atomic E-state index is -0.665. The van der Waals surface area contributed by atoms with Gasteiger partial charge in [-0.15, -0.1) is 0 Å². The van der Waals surface area contributed by atoms with Gasteiger partial charge in [-0.05, 0) is 66.0 Å². The van der Waals surface area contributed by atoms with Gasteiger partial charge in [-0.1, -0.05) is 51.6 Å². The number of nitrogens with one attached hydrogen (secondary N) is 2. The molecule has 1 unspecified atom stereocenters.